The molecule has 148 valence electrons. The molecule has 0 unspecified atom stereocenters. The first-order chi connectivity index (χ1) is 14.7. The van der Waals surface area contributed by atoms with Crippen LogP contribution in [0.5, 0.6) is 0 Å². The van der Waals surface area contributed by atoms with E-state index in [-0.39, 0.29) is 11.4 Å². The molecule has 0 bridgehead atoms. The summed E-state index contributed by atoms with van der Waals surface area (Å²) in [6.45, 7) is 1.01. The third-order valence-electron chi connectivity index (χ3n) is 5.20. The van der Waals surface area contributed by atoms with Crippen LogP contribution < -0.4 is 10.5 Å². The molecule has 0 atom stereocenters. The first kappa shape index (κ1) is 18.2. The Morgan fingerprint density at radius 1 is 1.00 bits per heavy atom. The molecule has 0 saturated carbocycles. The minimum absolute atomic E-state index is 0.140. The van der Waals surface area contributed by atoms with Gasteiger partial charge in [-0.15, -0.1) is 0 Å². The van der Waals surface area contributed by atoms with E-state index in [4.69, 9.17) is 4.98 Å². The van der Waals surface area contributed by atoms with Crippen molar-refractivity contribution in [1.82, 2.24) is 19.5 Å². The lowest BCUT2D eigenvalue weighted by Crippen LogP contribution is -2.36. The van der Waals surface area contributed by atoms with E-state index < -0.39 is 0 Å². The maximum absolute atomic E-state index is 13.6. The monoisotopic (exact) mass is 399 g/mol. The molecule has 0 fully saturated rings. The quantitative estimate of drug-likeness (QED) is 0.525. The Morgan fingerprint density at radius 2 is 1.90 bits per heavy atom. The normalized spacial score (nSPS) is 12.4. The number of halogens is 1. The highest BCUT2D eigenvalue weighted by Crippen LogP contribution is 2.33. The van der Waals surface area contributed by atoms with Gasteiger partial charge in [0.15, 0.2) is 0 Å². The van der Waals surface area contributed by atoms with Crippen molar-refractivity contribution in [3.63, 3.8) is 0 Å². The van der Waals surface area contributed by atoms with Crippen LogP contribution in [0, 0.1) is 5.82 Å². The number of nitrogens with zero attached hydrogens (tertiary/aromatic N) is 5. The van der Waals surface area contributed by atoms with Crippen molar-refractivity contribution in [2.75, 3.05) is 11.4 Å². The highest BCUT2D eigenvalue weighted by atomic mass is 19.1. The summed E-state index contributed by atoms with van der Waals surface area (Å²) in [5, 5.41) is 0. The molecule has 0 N–H and O–H groups in total. The summed E-state index contributed by atoms with van der Waals surface area (Å²) in [5.41, 5.74) is 3.89. The summed E-state index contributed by atoms with van der Waals surface area (Å²) in [7, 11) is 0. The maximum atomic E-state index is 13.6. The second-order valence-corrected chi connectivity index (χ2v) is 7.12. The minimum atomic E-state index is -0.257. The summed E-state index contributed by atoms with van der Waals surface area (Å²) in [5.74, 6) is 0.304. The summed E-state index contributed by atoms with van der Waals surface area (Å²) in [6.07, 6.45) is 3.67. The average molecular weight is 399 g/mol. The van der Waals surface area contributed by atoms with Gasteiger partial charge in [0.2, 0.25) is 5.95 Å². The average Bonchev–Trinajstić information content (AvgIpc) is 2.78. The van der Waals surface area contributed by atoms with Gasteiger partial charge >= 0.3 is 0 Å². The van der Waals surface area contributed by atoms with Crippen molar-refractivity contribution in [2.24, 2.45) is 0 Å². The molecule has 6 nitrogen and oxygen atoms in total. The van der Waals surface area contributed by atoms with Gasteiger partial charge in [-0.1, -0.05) is 30.3 Å². The zero-order chi connectivity index (χ0) is 20.5. The minimum Gasteiger partial charge on any atom is -0.311 e. The van der Waals surface area contributed by atoms with Crippen molar-refractivity contribution < 1.29 is 4.39 Å². The second-order valence-electron chi connectivity index (χ2n) is 7.12. The molecule has 2 aromatic heterocycles. The molecule has 5 rings (SSSR count). The van der Waals surface area contributed by atoms with E-state index in [1.54, 1.807) is 22.9 Å². The lowest BCUT2D eigenvalue weighted by Gasteiger charge is -2.33. The molecular weight excluding hydrogens is 381 g/mol. The number of aromatic nitrogens is 4. The molecule has 2 aromatic carbocycles. The van der Waals surface area contributed by atoms with Gasteiger partial charge in [-0.05, 0) is 41.8 Å². The molecule has 0 amide bonds. The van der Waals surface area contributed by atoms with Crippen LogP contribution in [0.3, 0.4) is 0 Å². The highest BCUT2D eigenvalue weighted by molar-refractivity contribution is 5.67. The predicted molar refractivity (Wildman–Crippen MR) is 112 cm³/mol. The Hall–Kier alpha value is -3.87. The smallest absolute Gasteiger partial charge is 0.255 e. The van der Waals surface area contributed by atoms with Gasteiger partial charge in [0.05, 0.1) is 17.9 Å². The van der Waals surface area contributed by atoms with Crippen molar-refractivity contribution in [2.45, 2.75) is 13.0 Å². The molecule has 4 aromatic rings. The van der Waals surface area contributed by atoms with E-state index in [0.717, 1.165) is 16.8 Å². The van der Waals surface area contributed by atoms with Crippen molar-refractivity contribution in [3.05, 3.63) is 100 Å². The zero-order valence-electron chi connectivity index (χ0n) is 16.1. The topological polar surface area (TPSA) is 63.9 Å². The van der Waals surface area contributed by atoms with Gasteiger partial charge < -0.3 is 4.90 Å². The lowest BCUT2D eigenvalue weighted by atomic mass is 10.1. The molecule has 0 radical (unpaired) electrons. The van der Waals surface area contributed by atoms with Crippen LogP contribution in [0.1, 0.15) is 11.1 Å². The van der Waals surface area contributed by atoms with Crippen LogP contribution in [0.2, 0.25) is 0 Å². The molecule has 0 saturated heterocycles. The number of benzene rings is 2. The first-order valence-corrected chi connectivity index (χ1v) is 9.67. The van der Waals surface area contributed by atoms with Gasteiger partial charge in [0.1, 0.15) is 12.1 Å². The number of hydrogen-bond acceptors (Lipinski definition) is 5. The Kier molecular flexibility index (Phi) is 4.55. The van der Waals surface area contributed by atoms with Crippen LogP contribution in [-0.2, 0) is 13.0 Å². The van der Waals surface area contributed by atoms with Crippen LogP contribution in [-0.4, -0.2) is 26.1 Å². The molecule has 1 aliphatic heterocycles. The van der Waals surface area contributed by atoms with Crippen LogP contribution in [0.15, 0.2) is 78.0 Å². The third kappa shape index (κ3) is 3.34. The fourth-order valence-corrected chi connectivity index (χ4v) is 3.76. The molecule has 30 heavy (non-hydrogen) atoms. The van der Waals surface area contributed by atoms with Crippen molar-refractivity contribution in [3.8, 4) is 11.4 Å². The van der Waals surface area contributed by atoms with Gasteiger partial charge in [0, 0.05) is 24.5 Å². The van der Waals surface area contributed by atoms with Gasteiger partial charge in [-0.2, -0.15) is 0 Å². The van der Waals surface area contributed by atoms with E-state index in [9.17, 15) is 9.18 Å². The Balaban J connectivity index is 1.59. The zero-order valence-corrected chi connectivity index (χ0v) is 16.1. The van der Waals surface area contributed by atoms with Crippen LogP contribution in [0.4, 0.5) is 16.0 Å². The summed E-state index contributed by atoms with van der Waals surface area (Å²) >= 11 is 0. The largest absolute Gasteiger partial charge is 0.311 e. The van der Waals surface area contributed by atoms with E-state index in [1.165, 1.54) is 24.5 Å². The molecule has 0 aliphatic carbocycles. The Morgan fingerprint density at radius 3 is 2.73 bits per heavy atom. The number of para-hydroxylation sites is 1. The second kappa shape index (κ2) is 7.51. The van der Waals surface area contributed by atoms with E-state index in [2.05, 4.69) is 9.97 Å². The van der Waals surface area contributed by atoms with Crippen LogP contribution in [0.25, 0.3) is 11.4 Å². The van der Waals surface area contributed by atoms with Gasteiger partial charge in [-0.25, -0.2) is 19.3 Å². The molecule has 7 heteroatoms. The summed E-state index contributed by atoms with van der Waals surface area (Å²) < 4.78 is 15.3. The SMILES string of the molecule is O=c1cc(-c2ccncn2)nc2n1Cc1ccccc1N2CCc1cccc(F)c1. The number of rotatable bonds is 4. The molecule has 0 spiro atoms. The first-order valence-electron chi connectivity index (χ1n) is 9.67. The number of anilines is 2. The van der Waals surface area contributed by atoms with E-state index in [1.807, 2.05) is 35.2 Å². The molecule has 3 heterocycles. The lowest BCUT2D eigenvalue weighted by molar-refractivity contribution is 0.624. The summed E-state index contributed by atoms with van der Waals surface area (Å²) in [4.78, 5) is 27.9. The third-order valence-corrected chi connectivity index (χ3v) is 5.20. The van der Waals surface area contributed by atoms with E-state index in [0.29, 0.717) is 36.8 Å². The standard InChI is InChI=1S/C23H18FN5O/c24-18-6-3-4-16(12-18)9-11-28-21-7-2-1-5-17(21)14-29-22(30)13-20(27-23(28)29)19-8-10-25-15-26-19/h1-8,10,12-13,15H,9,11,14H2. The fraction of sp³-hybridized carbons (Fsp3) is 0.130. The Labute approximate surface area is 172 Å². The number of hydrogen-bond donors (Lipinski definition) is 0. The van der Waals surface area contributed by atoms with Gasteiger partial charge in [-0.3, -0.25) is 9.36 Å². The summed E-state index contributed by atoms with van der Waals surface area (Å²) in [6, 6.07) is 17.8. The predicted octanol–water partition coefficient (Wildman–Crippen LogP) is 3.58. The maximum Gasteiger partial charge on any atom is 0.255 e. The molecular formula is C23H18FN5O. The Bertz CT molecular complexity index is 1270. The van der Waals surface area contributed by atoms with Crippen LogP contribution >= 0.6 is 0 Å². The van der Waals surface area contributed by atoms with E-state index >= 15 is 0 Å². The van der Waals surface area contributed by atoms with Crippen molar-refractivity contribution >= 4 is 11.6 Å². The van der Waals surface area contributed by atoms with Gasteiger partial charge in [0.25, 0.3) is 5.56 Å². The van der Waals surface area contributed by atoms with Crippen molar-refractivity contribution in [1.29, 1.82) is 0 Å². The number of fused-ring (bicyclic) bond motifs is 2. The fourth-order valence-electron chi connectivity index (χ4n) is 3.76. The molecule has 1 aliphatic rings. The highest BCUT2D eigenvalue weighted by Gasteiger charge is 2.25.